The normalized spacial score (nSPS) is 14.6. The molecule has 0 aromatic carbocycles. The van der Waals surface area contributed by atoms with Gasteiger partial charge in [0.1, 0.15) is 20.8 Å². The molecule has 0 spiro atoms. The number of rotatable bonds is 12. The van der Waals surface area contributed by atoms with E-state index in [4.69, 9.17) is 9.47 Å². The molecule has 0 aromatic heterocycles. The molecular weight excluding hydrogens is 401 g/mol. The van der Waals surface area contributed by atoms with Gasteiger partial charge in [0.25, 0.3) is 0 Å². The van der Waals surface area contributed by atoms with E-state index in [1.54, 1.807) is 27.4 Å². The molecule has 1 amide bonds. The molecule has 7 heteroatoms. The van der Waals surface area contributed by atoms with Crippen LogP contribution in [0.3, 0.4) is 0 Å². The molecule has 2 N–H and O–H groups in total. The average Bonchev–Trinajstić information content (AvgIpc) is 2.60. The second kappa shape index (κ2) is 14.4. The van der Waals surface area contributed by atoms with Gasteiger partial charge in [0.05, 0.1) is 5.60 Å². The van der Waals surface area contributed by atoms with E-state index in [0.717, 1.165) is 31.3 Å². The summed E-state index contributed by atoms with van der Waals surface area (Å²) in [5.41, 5.74) is 2.26. The fraction of sp³-hybridized carbons (Fsp3) is 0.652. The highest BCUT2D eigenvalue weighted by atomic mass is 31.1. The topological polar surface area (TPSA) is 84.9 Å². The van der Waals surface area contributed by atoms with E-state index in [-0.39, 0.29) is 6.61 Å². The van der Waals surface area contributed by atoms with Crippen LogP contribution in [0.25, 0.3) is 0 Å². The molecule has 0 aliphatic rings. The van der Waals surface area contributed by atoms with Gasteiger partial charge in [-0.25, -0.2) is 9.59 Å². The lowest BCUT2D eigenvalue weighted by Gasteiger charge is -2.26. The van der Waals surface area contributed by atoms with Crippen molar-refractivity contribution in [2.24, 2.45) is 0 Å². The molecule has 30 heavy (non-hydrogen) atoms. The molecule has 2 atom stereocenters. The Balaban J connectivity index is 4.23. The van der Waals surface area contributed by atoms with Crippen molar-refractivity contribution in [3.8, 4) is 0 Å². The first-order valence-electron chi connectivity index (χ1n) is 10.4. The molecule has 0 rings (SSSR count). The monoisotopic (exact) mass is 441 g/mol. The van der Waals surface area contributed by atoms with Crippen molar-refractivity contribution < 1.29 is 24.2 Å². The molecule has 2 unspecified atom stereocenters. The molecular formula is C23H40NO5P. The standard InChI is InChI=1S/C23H40NO5P/c1-17(2)11-9-12-18(3)13-10-14-19(4)15-16-28-22(26)30(8)24-21(25)29-20(5)23(6,7)27/h11,13,15,20,27H,9-10,12,14,16H2,1-8H3,(H,24,25)/b18-13+,19-15+. The molecule has 0 aliphatic heterocycles. The summed E-state index contributed by atoms with van der Waals surface area (Å²) < 4.78 is 10.3. The zero-order chi connectivity index (χ0) is 23.3. The van der Waals surface area contributed by atoms with Crippen LogP contribution in [0.2, 0.25) is 0 Å². The van der Waals surface area contributed by atoms with Crippen molar-refractivity contribution in [1.82, 2.24) is 5.09 Å². The average molecular weight is 442 g/mol. The zero-order valence-corrected chi connectivity index (χ0v) is 20.8. The lowest BCUT2D eigenvalue weighted by Crippen LogP contribution is -2.39. The van der Waals surface area contributed by atoms with Crippen LogP contribution in [0.15, 0.2) is 34.9 Å². The van der Waals surface area contributed by atoms with Crippen LogP contribution < -0.4 is 5.09 Å². The Morgan fingerprint density at radius 2 is 1.57 bits per heavy atom. The maximum absolute atomic E-state index is 12.0. The highest BCUT2D eigenvalue weighted by Gasteiger charge is 2.27. The Kier molecular flexibility index (Phi) is 13.6. The molecule has 0 fully saturated rings. The van der Waals surface area contributed by atoms with E-state index >= 15 is 0 Å². The Morgan fingerprint density at radius 3 is 2.10 bits per heavy atom. The summed E-state index contributed by atoms with van der Waals surface area (Å²) in [5.74, 6) is 0. The summed E-state index contributed by atoms with van der Waals surface area (Å²) in [5, 5.41) is 12.3. The minimum atomic E-state index is -1.52. The lowest BCUT2D eigenvalue weighted by atomic mass is 10.0. The second-order valence-corrected chi connectivity index (χ2v) is 10.1. The first-order chi connectivity index (χ1) is 13.8. The van der Waals surface area contributed by atoms with Gasteiger partial charge < -0.3 is 14.6 Å². The van der Waals surface area contributed by atoms with Gasteiger partial charge in [0, 0.05) is 0 Å². The third-order valence-electron chi connectivity index (χ3n) is 4.57. The third kappa shape index (κ3) is 14.4. The van der Waals surface area contributed by atoms with Crippen LogP contribution in [-0.4, -0.2) is 41.9 Å². The highest BCUT2D eigenvalue weighted by Crippen LogP contribution is 2.28. The van der Waals surface area contributed by atoms with E-state index in [9.17, 15) is 14.7 Å². The van der Waals surface area contributed by atoms with Gasteiger partial charge in [-0.3, -0.25) is 5.09 Å². The van der Waals surface area contributed by atoms with Crippen molar-refractivity contribution in [3.63, 3.8) is 0 Å². The molecule has 0 saturated heterocycles. The lowest BCUT2D eigenvalue weighted by molar-refractivity contribution is -0.0444. The van der Waals surface area contributed by atoms with Gasteiger partial charge >= 0.3 is 11.8 Å². The first kappa shape index (κ1) is 28.4. The molecule has 0 heterocycles. The van der Waals surface area contributed by atoms with E-state index in [1.807, 2.05) is 13.0 Å². The minimum absolute atomic E-state index is 0.178. The summed E-state index contributed by atoms with van der Waals surface area (Å²) >= 11 is 0. The predicted molar refractivity (Wildman–Crippen MR) is 125 cm³/mol. The first-order valence-corrected chi connectivity index (χ1v) is 12.2. The summed E-state index contributed by atoms with van der Waals surface area (Å²) in [6.45, 7) is 14.8. The van der Waals surface area contributed by atoms with Gasteiger partial charge in [-0.2, -0.15) is 0 Å². The summed E-state index contributed by atoms with van der Waals surface area (Å²) in [4.78, 5) is 23.9. The van der Waals surface area contributed by atoms with E-state index in [2.05, 4.69) is 38.0 Å². The predicted octanol–water partition coefficient (Wildman–Crippen LogP) is 6.45. The molecule has 0 aromatic rings. The number of carbonyl (C=O) groups excluding carboxylic acids is 2. The summed E-state index contributed by atoms with van der Waals surface area (Å²) in [6.07, 6.45) is 8.99. The van der Waals surface area contributed by atoms with Gasteiger partial charge in [0.2, 0.25) is 0 Å². The van der Waals surface area contributed by atoms with Crippen molar-refractivity contribution in [1.29, 1.82) is 0 Å². The molecule has 6 nitrogen and oxygen atoms in total. The molecule has 0 saturated carbocycles. The maximum atomic E-state index is 12.0. The summed E-state index contributed by atoms with van der Waals surface area (Å²) in [7, 11) is -1.52. The Bertz CT molecular complexity index is 642. The van der Waals surface area contributed by atoms with Crippen molar-refractivity contribution in [3.05, 3.63) is 34.9 Å². The van der Waals surface area contributed by atoms with Crippen molar-refractivity contribution >= 4 is 19.9 Å². The number of nitrogens with one attached hydrogen (secondary N) is 1. The summed E-state index contributed by atoms with van der Waals surface area (Å²) in [6, 6.07) is 0. The number of amides is 1. The molecule has 172 valence electrons. The molecule has 0 aliphatic carbocycles. The third-order valence-corrected chi connectivity index (χ3v) is 5.77. The number of hydrogen-bond donors (Lipinski definition) is 2. The van der Waals surface area contributed by atoms with Crippen molar-refractivity contribution in [2.75, 3.05) is 13.3 Å². The molecule has 0 radical (unpaired) electrons. The second-order valence-electron chi connectivity index (χ2n) is 8.41. The van der Waals surface area contributed by atoms with Gasteiger partial charge in [0.15, 0.2) is 0 Å². The quantitative estimate of drug-likeness (QED) is 0.268. The van der Waals surface area contributed by atoms with Crippen LogP contribution in [0, 0.1) is 0 Å². The van der Waals surface area contributed by atoms with Crippen LogP contribution >= 0.6 is 8.07 Å². The van der Waals surface area contributed by atoms with Gasteiger partial charge in [-0.1, -0.05) is 28.9 Å². The zero-order valence-electron chi connectivity index (χ0n) is 19.9. The Morgan fingerprint density at radius 1 is 1.03 bits per heavy atom. The van der Waals surface area contributed by atoms with E-state index in [0.29, 0.717) is 0 Å². The Labute approximate surface area is 183 Å². The minimum Gasteiger partial charge on any atom is -0.457 e. The largest absolute Gasteiger partial charge is 0.457 e. The maximum Gasteiger partial charge on any atom is 0.411 e. The number of hydrogen-bond acceptors (Lipinski definition) is 5. The Hall–Kier alpha value is -1.65. The van der Waals surface area contributed by atoms with Crippen LogP contribution in [0.4, 0.5) is 9.59 Å². The smallest absolute Gasteiger partial charge is 0.411 e. The number of ether oxygens (including phenoxy) is 2. The fourth-order valence-electron chi connectivity index (χ4n) is 2.20. The van der Waals surface area contributed by atoms with E-state index < -0.39 is 31.6 Å². The van der Waals surface area contributed by atoms with Crippen molar-refractivity contribution in [2.45, 2.75) is 85.9 Å². The number of carbonyl (C=O) groups is 2. The van der Waals surface area contributed by atoms with Gasteiger partial charge in [-0.05, 0) is 86.9 Å². The van der Waals surface area contributed by atoms with E-state index in [1.165, 1.54) is 11.1 Å². The SMILES string of the molecule is CC(C)=CCC/C(C)=C/CC/C(C)=C/COC(=O)P(C)NC(=O)OC(C)C(C)(C)O. The number of aliphatic hydroxyl groups is 1. The highest BCUT2D eigenvalue weighted by molar-refractivity contribution is 7.72. The van der Waals surface area contributed by atoms with Crippen LogP contribution in [-0.2, 0) is 9.47 Å². The fourth-order valence-corrected chi connectivity index (χ4v) is 2.89. The van der Waals surface area contributed by atoms with Gasteiger partial charge in [-0.15, -0.1) is 0 Å². The molecule has 0 bridgehead atoms. The van der Waals surface area contributed by atoms with Crippen LogP contribution in [0.1, 0.15) is 74.1 Å². The van der Waals surface area contributed by atoms with Crippen LogP contribution in [0.5, 0.6) is 0 Å². The number of allylic oxidation sites excluding steroid dienone is 5.